The zero-order chi connectivity index (χ0) is 12.3. The Balaban J connectivity index is 2.05. The van der Waals surface area contributed by atoms with E-state index in [0.717, 1.165) is 19.2 Å². The highest BCUT2D eigenvalue weighted by atomic mass is 16.6. The quantitative estimate of drug-likeness (QED) is 0.852. The number of oxazole rings is 1. The molecule has 0 atom stereocenters. The van der Waals surface area contributed by atoms with Gasteiger partial charge in [0.15, 0.2) is 11.4 Å². The molecule has 0 fully saturated rings. The number of hydrogen-bond donors (Lipinski definition) is 1. The predicted molar refractivity (Wildman–Crippen MR) is 56.1 cm³/mol. The van der Waals surface area contributed by atoms with Crippen molar-refractivity contribution in [2.45, 2.75) is 19.9 Å². The maximum atomic E-state index is 10.6. The van der Waals surface area contributed by atoms with Gasteiger partial charge in [-0.15, -0.1) is 0 Å². The van der Waals surface area contributed by atoms with Gasteiger partial charge >= 0.3 is 12.0 Å². The van der Waals surface area contributed by atoms with Gasteiger partial charge in [-0.1, -0.05) is 6.92 Å². The number of carbonyl (C=O) groups is 1. The second kappa shape index (κ2) is 4.69. The summed E-state index contributed by atoms with van der Waals surface area (Å²) in [5, 5.41) is 12.7. The Morgan fingerprint density at radius 3 is 3.12 bits per heavy atom. The van der Waals surface area contributed by atoms with E-state index in [1.54, 1.807) is 10.9 Å². The lowest BCUT2D eigenvalue weighted by Gasteiger charge is -1.95. The molecule has 0 saturated heterocycles. The van der Waals surface area contributed by atoms with Gasteiger partial charge in [0.05, 0.1) is 12.4 Å². The van der Waals surface area contributed by atoms with E-state index in [-0.39, 0.29) is 11.8 Å². The molecule has 2 aromatic heterocycles. The fraction of sp³-hybridized carbons (Fsp3) is 0.300. The Labute approximate surface area is 96.6 Å². The van der Waals surface area contributed by atoms with Crippen molar-refractivity contribution in [3.8, 4) is 11.8 Å². The van der Waals surface area contributed by atoms with Crippen molar-refractivity contribution in [1.82, 2.24) is 14.8 Å². The standard InChI is InChI=1S/C10H11N3O4/c1-2-3-13-5-7(4-11-13)17-10-12-8(6-16-10)9(14)15/h4-6H,2-3H2,1H3,(H,14,15). The molecule has 0 aromatic carbocycles. The number of carboxylic acid groups (broad SMARTS) is 1. The van der Waals surface area contributed by atoms with Gasteiger partial charge in [-0.25, -0.2) is 4.79 Å². The van der Waals surface area contributed by atoms with Gasteiger partial charge in [-0.3, -0.25) is 4.68 Å². The second-order valence-corrected chi connectivity index (χ2v) is 3.34. The number of aromatic carboxylic acids is 1. The first-order chi connectivity index (χ1) is 8.19. The van der Waals surface area contributed by atoms with Crippen LogP contribution in [0, 0.1) is 0 Å². The molecule has 0 aliphatic carbocycles. The minimum atomic E-state index is -1.16. The van der Waals surface area contributed by atoms with Gasteiger partial charge < -0.3 is 14.3 Å². The Morgan fingerprint density at radius 1 is 1.65 bits per heavy atom. The van der Waals surface area contributed by atoms with Gasteiger partial charge in [0.1, 0.15) is 6.26 Å². The van der Waals surface area contributed by atoms with E-state index < -0.39 is 5.97 Å². The highest BCUT2D eigenvalue weighted by Gasteiger charge is 2.12. The van der Waals surface area contributed by atoms with E-state index in [0.29, 0.717) is 5.75 Å². The molecule has 7 nitrogen and oxygen atoms in total. The van der Waals surface area contributed by atoms with Crippen molar-refractivity contribution in [2.75, 3.05) is 0 Å². The van der Waals surface area contributed by atoms with Gasteiger partial charge in [0.2, 0.25) is 0 Å². The van der Waals surface area contributed by atoms with Gasteiger partial charge in [-0.05, 0) is 6.42 Å². The van der Waals surface area contributed by atoms with Crippen LogP contribution < -0.4 is 4.74 Å². The molecule has 7 heteroatoms. The monoisotopic (exact) mass is 237 g/mol. The summed E-state index contributed by atoms with van der Waals surface area (Å²) in [7, 11) is 0. The second-order valence-electron chi connectivity index (χ2n) is 3.34. The molecular formula is C10H11N3O4. The smallest absolute Gasteiger partial charge is 0.400 e. The minimum absolute atomic E-state index is 0.113. The maximum Gasteiger partial charge on any atom is 0.400 e. The first kappa shape index (κ1) is 11.2. The summed E-state index contributed by atoms with van der Waals surface area (Å²) >= 11 is 0. The molecule has 0 unspecified atom stereocenters. The van der Waals surface area contributed by atoms with Crippen LogP contribution in [0.4, 0.5) is 0 Å². The SMILES string of the molecule is CCCn1cc(Oc2nc(C(=O)O)co2)cn1. The molecule has 0 radical (unpaired) electrons. The molecule has 0 aliphatic rings. The van der Waals surface area contributed by atoms with Crippen molar-refractivity contribution in [1.29, 1.82) is 0 Å². The van der Waals surface area contributed by atoms with E-state index in [2.05, 4.69) is 10.1 Å². The van der Waals surface area contributed by atoms with Crippen LogP contribution in [0.25, 0.3) is 0 Å². The fourth-order valence-electron chi connectivity index (χ4n) is 1.25. The van der Waals surface area contributed by atoms with E-state index in [1.807, 2.05) is 6.92 Å². The van der Waals surface area contributed by atoms with Crippen molar-refractivity contribution < 1.29 is 19.1 Å². The fourth-order valence-corrected chi connectivity index (χ4v) is 1.25. The average molecular weight is 237 g/mol. The number of carboxylic acids is 1. The summed E-state index contributed by atoms with van der Waals surface area (Å²) < 4.78 is 11.8. The molecule has 0 aliphatic heterocycles. The lowest BCUT2D eigenvalue weighted by Crippen LogP contribution is -1.96. The first-order valence-corrected chi connectivity index (χ1v) is 5.08. The minimum Gasteiger partial charge on any atom is -0.476 e. The van der Waals surface area contributed by atoms with E-state index >= 15 is 0 Å². The average Bonchev–Trinajstić information content (AvgIpc) is 2.89. The molecule has 0 bridgehead atoms. The van der Waals surface area contributed by atoms with Crippen LogP contribution >= 0.6 is 0 Å². The Kier molecular flexibility index (Phi) is 3.08. The third kappa shape index (κ3) is 2.63. The summed E-state index contributed by atoms with van der Waals surface area (Å²) in [6.07, 6.45) is 5.07. The lowest BCUT2D eigenvalue weighted by atomic mass is 10.5. The van der Waals surface area contributed by atoms with Crippen molar-refractivity contribution in [3.63, 3.8) is 0 Å². The van der Waals surface area contributed by atoms with Crippen LogP contribution in [0.2, 0.25) is 0 Å². The van der Waals surface area contributed by atoms with E-state index in [9.17, 15) is 4.79 Å². The van der Waals surface area contributed by atoms with E-state index in [4.69, 9.17) is 14.3 Å². The first-order valence-electron chi connectivity index (χ1n) is 5.08. The highest BCUT2D eigenvalue weighted by molar-refractivity contribution is 5.84. The number of ether oxygens (including phenoxy) is 1. The summed E-state index contributed by atoms with van der Waals surface area (Å²) in [6, 6.07) is 0. The zero-order valence-electron chi connectivity index (χ0n) is 9.16. The molecule has 1 N–H and O–H groups in total. The molecule has 2 rings (SSSR count). The van der Waals surface area contributed by atoms with Crippen LogP contribution in [0.3, 0.4) is 0 Å². The third-order valence-electron chi connectivity index (χ3n) is 1.97. The summed E-state index contributed by atoms with van der Waals surface area (Å²) in [6.45, 7) is 2.82. The lowest BCUT2D eigenvalue weighted by molar-refractivity contribution is 0.0690. The Bertz CT molecular complexity index is 517. The molecule has 0 amide bonds. The van der Waals surface area contributed by atoms with Gasteiger partial charge in [0, 0.05) is 6.54 Å². The zero-order valence-corrected chi connectivity index (χ0v) is 9.16. The molecule has 0 saturated carbocycles. The number of hydrogen-bond acceptors (Lipinski definition) is 5. The van der Waals surface area contributed by atoms with Gasteiger partial charge in [-0.2, -0.15) is 10.1 Å². The van der Waals surface area contributed by atoms with Crippen molar-refractivity contribution in [3.05, 3.63) is 24.4 Å². The molecule has 2 heterocycles. The van der Waals surface area contributed by atoms with Crippen molar-refractivity contribution in [2.24, 2.45) is 0 Å². The molecule has 90 valence electrons. The number of nitrogens with zero attached hydrogens (tertiary/aromatic N) is 3. The van der Waals surface area contributed by atoms with Crippen LogP contribution in [-0.4, -0.2) is 25.8 Å². The van der Waals surface area contributed by atoms with Crippen LogP contribution in [-0.2, 0) is 6.54 Å². The van der Waals surface area contributed by atoms with Crippen LogP contribution in [0.1, 0.15) is 23.8 Å². The van der Waals surface area contributed by atoms with Crippen LogP contribution in [0.15, 0.2) is 23.1 Å². The maximum absolute atomic E-state index is 10.6. The predicted octanol–water partition coefficient (Wildman–Crippen LogP) is 1.77. The van der Waals surface area contributed by atoms with Crippen LogP contribution in [0.5, 0.6) is 11.8 Å². The molecule has 2 aromatic rings. The number of aryl methyl sites for hydroxylation is 1. The summed E-state index contributed by atoms with van der Waals surface area (Å²) in [4.78, 5) is 14.2. The van der Waals surface area contributed by atoms with Crippen molar-refractivity contribution >= 4 is 5.97 Å². The molecule has 17 heavy (non-hydrogen) atoms. The molecular weight excluding hydrogens is 226 g/mol. The van der Waals surface area contributed by atoms with E-state index in [1.165, 1.54) is 6.20 Å². The summed E-state index contributed by atoms with van der Waals surface area (Å²) in [5.74, 6) is -0.706. The third-order valence-corrected chi connectivity index (χ3v) is 1.97. The topological polar surface area (TPSA) is 90.4 Å². The number of rotatable bonds is 5. The highest BCUT2D eigenvalue weighted by Crippen LogP contribution is 2.19. The largest absolute Gasteiger partial charge is 0.476 e. The Morgan fingerprint density at radius 2 is 2.47 bits per heavy atom. The Hall–Kier alpha value is -2.31. The number of aromatic nitrogens is 3. The van der Waals surface area contributed by atoms with Gasteiger partial charge in [0.25, 0.3) is 0 Å². The molecule has 0 spiro atoms. The summed E-state index contributed by atoms with van der Waals surface area (Å²) in [5.41, 5.74) is -0.194. The normalized spacial score (nSPS) is 10.4.